The molecule has 2 aliphatic rings. The lowest BCUT2D eigenvalue weighted by atomic mass is 10.0. The van der Waals surface area contributed by atoms with Crippen LogP contribution in [0.4, 0.5) is 5.13 Å². The highest BCUT2D eigenvalue weighted by atomic mass is 35.5. The number of esters is 1. The van der Waals surface area contributed by atoms with E-state index in [2.05, 4.69) is 15.0 Å². The first-order chi connectivity index (χ1) is 18.0. The monoisotopic (exact) mass is 556 g/mol. The van der Waals surface area contributed by atoms with Crippen LogP contribution in [-0.4, -0.2) is 53.8 Å². The molecule has 0 amide bonds. The van der Waals surface area contributed by atoms with Crippen molar-refractivity contribution in [2.24, 2.45) is 0 Å². The van der Waals surface area contributed by atoms with Crippen molar-refractivity contribution >= 4 is 55.9 Å². The summed E-state index contributed by atoms with van der Waals surface area (Å²) in [7, 11) is 0. The van der Waals surface area contributed by atoms with E-state index in [1.807, 2.05) is 37.3 Å². The SMILES string of the molecule is CCOC(=O)c1ccc2nc(N3CCN(Cc4c(-c5c(Cl)cccc5Cl)noc4C4CC4)CC3)sc2c1. The number of thiazole rings is 1. The Morgan fingerprint density at radius 1 is 1.14 bits per heavy atom. The largest absolute Gasteiger partial charge is 0.462 e. The van der Waals surface area contributed by atoms with Gasteiger partial charge in [0.25, 0.3) is 0 Å². The van der Waals surface area contributed by atoms with Crippen molar-refractivity contribution in [3.8, 4) is 11.3 Å². The summed E-state index contributed by atoms with van der Waals surface area (Å²) in [6, 6.07) is 11.1. The maximum Gasteiger partial charge on any atom is 0.338 e. The van der Waals surface area contributed by atoms with Gasteiger partial charge in [0, 0.05) is 49.8 Å². The Morgan fingerprint density at radius 3 is 2.59 bits per heavy atom. The molecule has 0 atom stereocenters. The number of piperazine rings is 1. The van der Waals surface area contributed by atoms with Gasteiger partial charge in [-0.3, -0.25) is 4.90 Å². The van der Waals surface area contributed by atoms with Crippen LogP contribution < -0.4 is 4.90 Å². The lowest BCUT2D eigenvalue weighted by Crippen LogP contribution is -2.46. The predicted octanol–water partition coefficient (Wildman–Crippen LogP) is 6.63. The number of rotatable bonds is 7. The Bertz CT molecular complexity index is 1440. The van der Waals surface area contributed by atoms with Crippen LogP contribution >= 0.6 is 34.5 Å². The minimum absolute atomic E-state index is 0.301. The van der Waals surface area contributed by atoms with Gasteiger partial charge in [-0.15, -0.1) is 0 Å². The van der Waals surface area contributed by atoms with E-state index in [4.69, 9.17) is 37.4 Å². The zero-order chi connectivity index (χ0) is 25.5. The van der Waals surface area contributed by atoms with E-state index < -0.39 is 0 Å². The highest BCUT2D eigenvalue weighted by Crippen LogP contribution is 2.46. The van der Waals surface area contributed by atoms with Crippen molar-refractivity contribution < 1.29 is 14.1 Å². The zero-order valence-corrected chi connectivity index (χ0v) is 22.7. The molecule has 2 aromatic carbocycles. The van der Waals surface area contributed by atoms with E-state index in [0.717, 1.165) is 83.5 Å². The quantitative estimate of drug-likeness (QED) is 0.236. The number of fused-ring (bicyclic) bond motifs is 1. The first kappa shape index (κ1) is 24.7. The molecule has 2 aromatic heterocycles. The molecule has 0 N–H and O–H groups in total. The van der Waals surface area contributed by atoms with E-state index >= 15 is 0 Å². The molecule has 0 bridgehead atoms. The summed E-state index contributed by atoms with van der Waals surface area (Å²) in [4.78, 5) is 21.7. The fourth-order valence-electron chi connectivity index (χ4n) is 4.77. The van der Waals surface area contributed by atoms with Gasteiger partial charge in [0.05, 0.1) is 32.4 Å². The highest BCUT2D eigenvalue weighted by molar-refractivity contribution is 7.22. The number of anilines is 1. The van der Waals surface area contributed by atoms with Gasteiger partial charge in [0.15, 0.2) is 5.13 Å². The normalized spacial score (nSPS) is 16.5. The molecule has 3 heterocycles. The molecule has 0 spiro atoms. The maximum atomic E-state index is 12.1. The van der Waals surface area contributed by atoms with Crippen molar-refractivity contribution in [1.29, 1.82) is 0 Å². The van der Waals surface area contributed by atoms with Crippen LogP contribution in [0, 0.1) is 0 Å². The van der Waals surface area contributed by atoms with E-state index in [1.165, 1.54) is 0 Å². The third-order valence-electron chi connectivity index (χ3n) is 6.88. The predicted molar refractivity (Wildman–Crippen MR) is 147 cm³/mol. The molecule has 192 valence electrons. The Hall–Kier alpha value is -2.65. The number of nitrogens with zero attached hydrogens (tertiary/aromatic N) is 4. The Kier molecular flexibility index (Phi) is 6.84. The summed E-state index contributed by atoms with van der Waals surface area (Å²) in [5, 5.41) is 6.56. The molecule has 0 radical (unpaired) electrons. The molecule has 0 unspecified atom stereocenters. The molecule has 37 heavy (non-hydrogen) atoms. The van der Waals surface area contributed by atoms with Crippen LogP contribution in [0.1, 0.15) is 47.4 Å². The van der Waals surface area contributed by atoms with Crippen LogP contribution in [0.3, 0.4) is 0 Å². The lowest BCUT2D eigenvalue weighted by molar-refractivity contribution is 0.0526. The minimum Gasteiger partial charge on any atom is -0.462 e. The van der Waals surface area contributed by atoms with Crippen molar-refractivity contribution in [2.45, 2.75) is 32.2 Å². The molecule has 7 nitrogen and oxygen atoms in total. The van der Waals surface area contributed by atoms with Gasteiger partial charge in [-0.1, -0.05) is 45.8 Å². The molecule has 1 aliphatic heterocycles. The summed E-state index contributed by atoms with van der Waals surface area (Å²) >= 11 is 14.7. The average molecular weight is 558 g/mol. The fraction of sp³-hybridized carbons (Fsp3) is 0.370. The second-order valence-corrected chi connectivity index (χ2v) is 11.2. The first-order valence-electron chi connectivity index (χ1n) is 12.5. The van der Waals surface area contributed by atoms with Crippen molar-refractivity contribution in [2.75, 3.05) is 37.7 Å². The Labute approximate surface area is 228 Å². The van der Waals surface area contributed by atoms with Crippen LogP contribution in [0.5, 0.6) is 0 Å². The molecule has 1 saturated carbocycles. The molecular weight excluding hydrogens is 531 g/mol. The van der Waals surface area contributed by atoms with E-state index in [9.17, 15) is 4.79 Å². The summed E-state index contributed by atoms with van der Waals surface area (Å²) < 4.78 is 12.0. The standard InChI is InChI=1S/C27H26Cl2N4O3S/c1-2-35-26(34)17-8-9-21-22(14-17)37-27(30-21)33-12-10-32(11-13-33)15-18-24(31-36-25(18)16-6-7-16)23-19(28)4-3-5-20(23)29/h3-5,8-9,14,16H,2,6-7,10-13,15H2,1H3. The number of carbonyl (C=O) groups is 1. The number of hydrogen-bond acceptors (Lipinski definition) is 8. The summed E-state index contributed by atoms with van der Waals surface area (Å²) in [5.41, 5.74) is 4.05. The van der Waals surface area contributed by atoms with Gasteiger partial charge >= 0.3 is 5.97 Å². The molecule has 2 fully saturated rings. The Morgan fingerprint density at radius 2 is 1.89 bits per heavy atom. The third-order valence-corrected chi connectivity index (χ3v) is 8.59. The minimum atomic E-state index is -0.301. The lowest BCUT2D eigenvalue weighted by Gasteiger charge is -2.34. The van der Waals surface area contributed by atoms with E-state index in [-0.39, 0.29) is 5.97 Å². The third kappa shape index (κ3) is 4.95. The maximum absolute atomic E-state index is 12.1. The average Bonchev–Trinajstić information content (AvgIpc) is 3.52. The Balaban J connectivity index is 1.18. The smallest absolute Gasteiger partial charge is 0.338 e. The summed E-state index contributed by atoms with van der Waals surface area (Å²) in [6.45, 7) is 6.39. The fourth-order valence-corrected chi connectivity index (χ4v) is 6.40. The van der Waals surface area contributed by atoms with Crippen molar-refractivity contribution in [3.05, 3.63) is 63.3 Å². The van der Waals surface area contributed by atoms with Gasteiger partial charge in [0.1, 0.15) is 11.5 Å². The number of aromatic nitrogens is 2. The van der Waals surface area contributed by atoms with Crippen LogP contribution in [0.15, 0.2) is 40.9 Å². The van der Waals surface area contributed by atoms with Gasteiger partial charge in [0.2, 0.25) is 0 Å². The molecule has 6 rings (SSSR count). The zero-order valence-electron chi connectivity index (χ0n) is 20.4. The molecular formula is C27H26Cl2N4O3S. The van der Waals surface area contributed by atoms with Crippen molar-refractivity contribution in [3.63, 3.8) is 0 Å². The van der Waals surface area contributed by atoms with Crippen LogP contribution in [0.2, 0.25) is 10.0 Å². The van der Waals surface area contributed by atoms with Gasteiger partial charge in [-0.05, 0) is 50.1 Å². The number of ether oxygens (including phenoxy) is 1. The summed E-state index contributed by atoms with van der Waals surface area (Å²) in [5.74, 6) is 1.10. The van der Waals surface area contributed by atoms with Crippen LogP contribution in [0.25, 0.3) is 21.5 Å². The number of hydrogen-bond donors (Lipinski definition) is 0. The second kappa shape index (κ2) is 10.3. The molecule has 1 aliphatic carbocycles. The van der Waals surface area contributed by atoms with Gasteiger partial charge in [-0.2, -0.15) is 0 Å². The molecule has 4 aromatic rings. The van der Waals surface area contributed by atoms with E-state index in [0.29, 0.717) is 28.1 Å². The number of carbonyl (C=O) groups excluding carboxylic acids is 1. The second-order valence-electron chi connectivity index (χ2n) is 9.41. The summed E-state index contributed by atoms with van der Waals surface area (Å²) in [6.07, 6.45) is 2.25. The van der Waals surface area contributed by atoms with Gasteiger partial charge < -0.3 is 14.2 Å². The first-order valence-corrected chi connectivity index (χ1v) is 14.1. The van der Waals surface area contributed by atoms with Crippen LogP contribution in [-0.2, 0) is 11.3 Å². The van der Waals surface area contributed by atoms with Crippen molar-refractivity contribution in [1.82, 2.24) is 15.0 Å². The molecule has 10 heteroatoms. The number of benzene rings is 2. The molecule has 1 saturated heterocycles. The highest BCUT2D eigenvalue weighted by Gasteiger charge is 2.34. The number of halogens is 2. The van der Waals surface area contributed by atoms with Gasteiger partial charge in [-0.25, -0.2) is 9.78 Å². The van der Waals surface area contributed by atoms with E-state index in [1.54, 1.807) is 17.4 Å². The topological polar surface area (TPSA) is 71.7 Å².